The van der Waals surface area contributed by atoms with Crippen LogP contribution < -0.4 is 9.47 Å². The molecule has 1 saturated heterocycles. The highest BCUT2D eigenvalue weighted by Gasteiger charge is 2.26. The summed E-state index contributed by atoms with van der Waals surface area (Å²) in [4.78, 5) is 14.5. The zero-order chi connectivity index (χ0) is 16.2. The summed E-state index contributed by atoms with van der Waals surface area (Å²) in [5, 5.41) is 0. The Kier molecular flexibility index (Phi) is 5.09. The molecule has 0 atom stereocenters. The molecule has 126 valence electrons. The number of carbonyl (C=O) groups excluding carboxylic acids is 1. The maximum atomic E-state index is 12.4. The van der Waals surface area contributed by atoms with Crippen LogP contribution in [0.5, 0.6) is 11.5 Å². The molecule has 0 spiro atoms. The molecule has 4 heteroatoms. The summed E-state index contributed by atoms with van der Waals surface area (Å²) in [6.45, 7) is 6.36. The Morgan fingerprint density at radius 2 is 1.87 bits per heavy atom. The van der Waals surface area contributed by atoms with Crippen LogP contribution in [0.15, 0.2) is 18.2 Å². The lowest BCUT2D eigenvalue weighted by atomic mass is 9.89. The molecule has 0 N–H and O–H groups in total. The topological polar surface area (TPSA) is 38.8 Å². The first-order valence-corrected chi connectivity index (χ1v) is 8.88. The Hall–Kier alpha value is -1.71. The van der Waals surface area contributed by atoms with E-state index in [0.717, 1.165) is 56.7 Å². The van der Waals surface area contributed by atoms with E-state index in [9.17, 15) is 4.79 Å². The highest BCUT2D eigenvalue weighted by Crippen LogP contribution is 2.34. The van der Waals surface area contributed by atoms with Crippen LogP contribution in [0.4, 0.5) is 0 Å². The molecule has 3 rings (SSSR count). The smallest absolute Gasteiger partial charge is 0.231 e. The first kappa shape index (κ1) is 16.2. The van der Waals surface area contributed by atoms with Gasteiger partial charge in [0.25, 0.3) is 0 Å². The van der Waals surface area contributed by atoms with Crippen LogP contribution in [-0.4, -0.2) is 30.7 Å². The molecule has 1 aromatic rings. The summed E-state index contributed by atoms with van der Waals surface area (Å²) in [7, 11) is 0. The molecule has 0 radical (unpaired) electrons. The van der Waals surface area contributed by atoms with Gasteiger partial charge in [0.15, 0.2) is 11.5 Å². The number of nitrogens with zero attached hydrogens (tertiary/aromatic N) is 1. The van der Waals surface area contributed by atoms with Crippen molar-refractivity contribution in [3.05, 3.63) is 23.8 Å². The predicted molar refractivity (Wildman–Crippen MR) is 89.6 cm³/mol. The van der Waals surface area contributed by atoms with E-state index in [0.29, 0.717) is 18.6 Å². The van der Waals surface area contributed by atoms with Crippen LogP contribution in [0.3, 0.4) is 0 Å². The maximum absolute atomic E-state index is 12.4. The second kappa shape index (κ2) is 7.24. The van der Waals surface area contributed by atoms with Crippen LogP contribution in [-0.2, 0) is 11.2 Å². The summed E-state index contributed by atoms with van der Waals surface area (Å²) in [6, 6.07) is 6.24. The van der Waals surface area contributed by atoms with Crippen molar-refractivity contribution in [1.29, 1.82) is 0 Å². The number of likely N-dealkylation sites (tertiary alicyclic amines) is 1. The van der Waals surface area contributed by atoms with Gasteiger partial charge in [-0.1, -0.05) is 19.9 Å². The number of hydrogen-bond donors (Lipinski definition) is 0. The van der Waals surface area contributed by atoms with E-state index in [2.05, 4.69) is 30.9 Å². The molecule has 2 aliphatic rings. The van der Waals surface area contributed by atoms with Gasteiger partial charge >= 0.3 is 0 Å². The van der Waals surface area contributed by atoms with E-state index >= 15 is 0 Å². The number of hydrogen-bond acceptors (Lipinski definition) is 3. The second-order valence-electron chi connectivity index (χ2n) is 6.67. The molecule has 2 heterocycles. The number of amides is 1. The van der Waals surface area contributed by atoms with Crippen LogP contribution in [0.1, 0.15) is 45.1 Å². The van der Waals surface area contributed by atoms with E-state index < -0.39 is 0 Å². The zero-order valence-electron chi connectivity index (χ0n) is 14.2. The van der Waals surface area contributed by atoms with Crippen molar-refractivity contribution in [2.45, 2.75) is 46.0 Å². The lowest BCUT2D eigenvalue weighted by Gasteiger charge is -2.34. The third kappa shape index (κ3) is 3.62. The largest absolute Gasteiger partial charge is 0.454 e. The second-order valence-corrected chi connectivity index (χ2v) is 6.67. The fraction of sp³-hybridized carbons (Fsp3) is 0.632. The Bertz CT molecular complexity index is 546. The van der Waals surface area contributed by atoms with E-state index in [4.69, 9.17) is 9.47 Å². The quantitative estimate of drug-likeness (QED) is 0.832. The summed E-state index contributed by atoms with van der Waals surface area (Å²) in [6.07, 6.45) is 5.16. The predicted octanol–water partition coefficient (Wildman–Crippen LogP) is 3.63. The van der Waals surface area contributed by atoms with Gasteiger partial charge < -0.3 is 14.4 Å². The number of benzene rings is 1. The van der Waals surface area contributed by atoms with Gasteiger partial charge in [-0.3, -0.25) is 4.79 Å². The zero-order valence-corrected chi connectivity index (χ0v) is 14.2. The fourth-order valence-corrected chi connectivity index (χ4v) is 3.65. The summed E-state index contributed by atoms with van der Waals surface area (Å²) < 4.78 is 10.8. The van der Waals surface area contributed by atoms with Crippen LogP contribution in [0, 0.1) is 11.8 Å². The van der Waals surface area contributed by atoms with Gasteiger partial charge in [0.2, 0.25) is 12.7 Å². The highest BCUT2D eigenvalue weighted by molar-refractivity contribution is 5.78. The summed E-state index contributed by atoms with van der Waals surface area (Å²) in [5.41, 5.74) is 1.30. The van der Waals surface area contributed by atoms with E-state index in [1.165, 1.54) is 5.56 Å². The van der Waals surface area contributed by atoms with Crippen molar-refractivity contribution in [2.75, 3.05) is 19.9 Å². The van der Waals surface area contributed by atoms with Crippen molar-refractivity contribution < 1.29 is 14.3 Å². The first-order valence-electron chi connectivity index (χ1n) is 8.88. The van der Waals surface area contributed by atoms with Gasteiger partial charge in [-0.15, -0.1) is 0 Å². The number of ether oxygens (including phenoxy) is 2. The molecule has 23 heavy (non-hydrogen) atoms. The van der Waals surface area contributed by atoms with Gasteiger partial charge in [-0.25, -0.2) is 0 Å². The fourth-order valence-electron chi connectivity index (χ4n) is 3.65. The summed E-state index contributed by atoms with van der Waals surface area (Å²) >= 11 is 0. The van der Waals surface area contributed by atoms with Crippen LogP contribution >= 0.6 is 0 Å². The normalized spacial score (nSPS) is 17.8. The molecule has 0 aliphatic carbocycles. The third-order valence-electron chi connectivity index (χ3n) is 5.22. The Labute approximate surface area is 138 Å². The monoisotopic (exact) mass is 317 g/mol. The van der Waals surface area contributed by atoms with Crippen LogP contribution in [0.25, 0.3) is 0 Å². The number of fused-ring (bicyclic) bond motifs is 1. The minimum absolute atomic E-state index is 0.209. The van der Waals surface area contributed by atoms with Crippen molar-refractivity contribution >= 4 is 5.91 Å². The van der Waals surface area contributed by atoms with Gasteiger partial charge in [-0.05, 0) is 55.7 Å². The van der Waals surface area contributed by atoms with E-state index in [1.54, 1.807) is 0 Å². The molecule has 0 aromatic heterocycles. The van der Waals surface area contributed by atoms with Crippen molar-refractivity contribution in [2.24, 2.45) is 11.8 Å². The van der Waals surface area contributed by atoms with Gasteiger partial charge in [0.05, 0.1) is 0 Å². The number of rotatable bonds is 5. The molecular weight excluding hydrogens is 290 g/mol. The van der Waals surface area contributed by atoms with E-state index in [1.807, 2.05) is 6.07 Å². The van der Waals surface area contributed by atoms with Crippen molar-refractivity contribution in [3.8, 4) is 11.5 Å². The molecule has 0 bridgehead atoms. The SMILES string of the molecule is CCC(CC)C(=O)N1CCC(Cc2ccc3c(c2)OCO3)CC1. The van der Waals surface area contributed by atoms with Gasteiger partial charge in [0, 0.05) is 19.0 Å². The molecule has 0 unspecified atom stereocenters. The summed E-state index contributed by atoms with van der Waals surface area (Å²) in [5.74, 6) is 2.93. The molecule has 1 fully saturated rings. The molecular formula is C19H27NO3. The van der Waals surface area contributed by atoms with Crippen LogP contribution in [0.2, 0.25) is 0 Å². The van der Waals surface area contributed by atoms with Gasteiger partial charge in [-0.2, -0.15) is 0 Å². The Balaban J connectivity index is 1.52. The molecule has 1 aromatic carbocycles. The van der Waals surface area contributed by atoms with E-state index in [-0.39, 0.29) is 5.92 Å². The van der Waals surface area contributed by atoms with Crippen molar-refractivity contribution in [3.63, 3.8) is 0 Å². The standard InChI is InChI=1S/C19H27NO3/c1-3-16(4-2)19(21)20-9-7-14(8-10-20)11-15-5-6-17-18(12-15)23-13-22-17/h5-6,12,14,16H,3-4,7-11,13H2,1-2H3. The van der Waals surface area contributed by atoms with Gasteiger partial charge in [0.1, 0.15) is 0 Å². The Morgan fingerprint density at radius 3 is 2.57 bits per heavy atom. The average molecular weight is 317 g/mol. The first-order chi connectivity index (χ1) is 11.2. The minimum Gasteiger partial charge on any atom is -0.454 e. The highest BCUT2D eigenvalue weighted by atomic mass is 16.7. The average Bonchev–Trinajstić information content (AvgIpc) is 3.04. The Morgan fingerprint density at radius 1 is 1.17 bits per heavy atom. The number of carbonyl (C=O) groups is 1. The molecule has 1 amide bonds. The molecule has 4 nitrogen and oxygen atoms in total. The lowest BCUT2D eigenvalue weighted by molar-refractivity contribution is -0.137. The van der Waals surface area contributed by atoms with Crippen molar-refractivity contribution in [1.82, 2.24) is 4.90 Å². The molecule has 0 saturated carbocycles. The number of piperidine rings is 1. The minimum atomic E-state index is 0.209. The lowest BCUT2D eigenvalue weighted by Crippen LogP contribution is -2.41. The third-order valence-corrected chi connectivity index (χ3v) is 5.22. The maximum Gasteiger partial charge on any atom is 0.231 e. The molecule has 2 aliphatic heterocycles.